The van der Waals surface area contributed by atoms with Crippen LogP contribution in [-0.4, -0.2) is 51.9 Å². The molecule has 2 heterocycles. The third kappa shape index (κ3) is 2.79. The molecule has 108 valence electrons. The second-order valence-corrected chi connectivity index (χ2v) is 5.22. The van der Waals surface area contributed by atoms with Gasteiger partial charge >= 0.3 is 11.9 Å². The summed E-state index contributed by atoms with van der Waals surface area (Å²) in [6.45, 7) is 1.91. The molecule has 0 aromatic carbocycles. The fourth-order valence-corrected chi connectivity index (χ4v) is 2.75. The maximum Gasteiger partial charge on any atom is 0.311 e. The highest BCUT2D eigenvalue weighted by Gasteiger charge is 2.44. The highest BCUT2D eigenvalue weighted by atomic mass is 32.1. The second-order valence-electron chi connectivity index (χ2n) is 4.39. The zero-order chi connectivity index (χ0) is 14.7. The van der Waals surface area contributed by atoms with Gasteiger partial charge in [-0.05, 0) is 24.5 Å². The summed E-state index contributed by atoms with van der Waals surface area (Å²) in [5.74, 6) is -3.71. The van der Waals surface area contributed by atoms with Gasteiger partial charge in [0.25, 0.3) is 5.91 Å². The summed E-state index contributed by atoms with van der Waals surface area (Å²) in [4.78, 5) is 37.0. The quantitative estimate of drug-likeness (QED) is 0.812. The van der Waals surface area contributed by atoms with E-state index in [0.717, 1.165) is 11.5 Å². The minimum absolute atomic E-state index is 0.00947. The topological polar surface area (TPSA) is 96.8 Å². The van der Waals surface area contributed by atoms with Gasteiger partial charge in [-0.1, -0.05) is 0 Å². The van der Waals surface area contributed by atoms with Gasteiger partial charge in [0.15, 0.2) is 0 Å². The van der Waals surface area contributed by atoms with E-state index in [1.165, 1.54) is 11.1 Å². The molecule has 0 unspecified atom stereocenters. The van der Waals surface area contributed by atoms with E-state index in [-0.39, 0.29) is 25.6 Å². The number of likely N-dealkylation sites (tertiary alicyclic amines) is 1. The Morgan fingerprint density at radius 2 is 2.15 bits per heavy atom. The van der Waals surface area contributed by atoms with Crippen molar-refractivity contribution in [2.24, 2.45) is 11.8 Å². The van der Waals surface area contributed by atoms with Crippen molar-refractivity contribution in [2.45, 2.75) is 6.92 Å². The molecule has 0 aliphatic carbocycles. The lowest BCUT2D eigenvalue weighted by Crippen LogP contribution is -2.30. The number of hydrogen-bond acceptors (Lipinski definition) is 6. The lowest BCUT2D eigenvalue weighted by atomic mass is 9.96. The van der Waals surface area contributed by atoms with Crippen LogP contribution < -0.4 is 0 Å². The number of carbonyl (C=O) groups excluding carboxylic acids is 2. The first-order chi connectivity index (χ1) is 9.54. The number of ether oxygens (including phenoxy) is 1. The first-order valence-electron chi connectivity index (χ1n) is 6.14. The summed E-state index contributed by atoms with van der Waals surface area (Å²) in [7, 11) is 0. The zero-order valence-corrected chi connectivity index (χ0v) is 11.6. The minimum Gasteiger partial charge on any atom is -0.481 e. The SMILES string of the molecule is CCOC(=O)[C@@H]1CN(C(=O)c2ccns2)C[C@H]1C(=O)O. The number of nitrogens with zero attached hydrogens (tertiary/aromatic N) is 2. The number of carbonyl (C=O) groups is 3. The van der Waals surface area contributed by atoms with Crippen LogP contribution in [0.4, 0.5) is 0 Å². The van der Waals surface area contributed by atoms with Crippen molar-refractivity contribution in [3.8, 4) is 0 Å². The van der Waals surface area contributed by atoms with Gasteiger partial charge in [-0.15, -0.1) is 0 Å². The minimum atomic E-state index is -1.09. The first-order valence-corrected chi connectivity index (χ1v) is 6.91. The molecule has 0 spiro atoms. The molecule has 20 heavy (non-hydrogen) atoms. The number of carboxylic acids is 1. The summed E-state index contributed by atoms with van der Waals surface area (Å²) in [6, 6.07) is 1.57. The van der Waals surface area contributed by atoms with E-state index < -0.39 is 23.8 Å². The number of aliphatic carboxylic acids is 1. The number of esters is 1. The molecule has 8 heteroatoms. The van der Waals surface area contributed by atoms with Crippen LogP contribution in [0.2, 0.25) is 0 Å². The third-order valence-electron chi connectivity index (χ3n) is 3.16. The van der Waals surface area contributed by atoms with E-state index >= 15 is 0 Å². The molecule has 1 aliphatic heterocycles. The van der Waals surface area contributed by atoms with Crippen molar-refractivity contribution in [1.82, 2.24) is 9.27 Å². The van der Waals surface area contributed by atoms with Gasteiger partial charge in [0, 0.05) is 19.3 Å². The molecule has 1 saturated heterocycles. The van der Waals surface area contributed by atoms with Crippen LogP contribution in [0.25, 0.3) is 0 Å². The van der Waals surface area contributed by atoms with Crippen LogP contribution in [0.3, 0.4) is 0 Å². The summed E-state index contributed by atoms with van der Waals surface area (Å²) < 4.78 is 8.71. The van der Waals surface area contributed by atoms with Gasteiger partial charge in [-0.2, -0.15) is 0 Å². The zero-order valence-electron chi connectivity index (χ0n) is 10.8. The van der Waals surface area contributed by atoms with Crippen molar-refractivity contribution < 1.29 is 24.2 Å². The molecule has 0 bridgehead atoms. The molecule has 7 nitrogen and oxygen atoms in total. The third-order valence-corrected chi connectivity index (χ3v) is 3.90. The van der Waals surface area contributed by atoms with E-state index in [2.05, 4.69) is 4.37 Å². The van der Waals surface area contributed by atoms with Gasteiger partial charge < -0.3 is 14.7 Å². The van der Waals surface area contributed by atoms with Crippen molar-refractivity contribution in [2.75, 3.05) is 19.7 Å². The van der Waals surface area contributed by atoms with Crippen molar-refractivity contribution >= 4 is 29.4 Å². The highest BCUT2D eigenvalue weighted by molar-refractivity contribution is 7.08. The summed E-state index contributed by atoms with van der Waals surface area (Å²) in [5.41, 5.74) is 0. The Kier molecular flexibility index (Phi) is 4.33. The van der Waals surface area contributed by atoms with E-state index in [0.29, 0.717) is 4.88 Å². The second kappa shape index (κ2) is 6.00. The fraction of sp³-hybridized carbons (Fsp3) is 0.500. The number of aromatic nitrogens is 1. The molecule has 1 amide bonds. The molecule has 0 saturated carbocycles. The standard InChI is InChI=1S/C12H14N2O5S/c1-2-19-12(18)8-6-14(5-7(8)11(16)17)10(15)9-3-4-13-20-9/h3-4,7-8H,2,5-6H2,1H3,(H,16,17)/t7-,8-/m1/s1. The normalized spacial score (nSPS) is 21.8. The Balaban J connectivity index is 2.13. The lowest BCUT2D eigenvalue weighted by Gasteiger charge is -2.14. The number of rotatable bonds is 4. The molecular formula is C12H14N2O5S. The Morgan fingerprint density at radius 3 is 2.70 bits per heavy atom. The molecule has 1 aliphatic rings. The Labute approximate surface area is 119 Å². The van der Waals surface area contributed by atoms with Crippen molar-refractivity contribution in [3.63, 3.8) is 0 Å². The van der Waals surface area contributed by atoms with Gasteiger partial charge in [0.2, 0.25) is 0 Å². The number of hydrogen-bond donors (Lipinski definition) is 1. The van der Waals surface area contributed by atoms with Crippen LogP contribution in [0.5, 0.6) is 0 Å². The summed E-state index contributed by atoms with van der Waals surface area (Å²) >= 11 is 1.04. The smallest absolute Gasteiger partial charge is 0.311 e. The van der Waals surface area contributed by atoms with Crippen LogP contribution in [0.15, 0.2) is 12.3 Å². The molecule has 1 fully saturated rings. The predicted molar refractivity (Wildman–Crippen MR) is 69.3 cm³/mol. The van der Waals surface area contributed by atoms with Crippen LogP contribution in [0, 0.1) is 11.8 Å². The van der Waals surface area contributed by atoms with Crippen LogP contribution in [-0.2, 0) is 14.3 Å². The molecule has 1 aromatic heterocycles. The van der Waals surface area contributed by atoms with Crippen LogP contribution >= 0.6 is 11.5 Å². The highest BCUT2D eigenvalue weighted by Crippen LogP contribution is 2.27. The van der Waals surface area contributed by atoms with E-state index in [1.807, 2.05) is 0 Å². The van der Waals surface area contributed by atoms with Gasteiger partial charge in [-0.25, -0.2) is 4.37 Å². The average Bonchev–Trinajstić information content (AvgIpc) is 3.07. The lowest BCUT2D eigenvalue weighted by molar-refractivity contribution is -0.155. The largest absolute Gasteiger partial charge is 0.481 e. The molecule has 0 radical (unpaired) electrons. The summed E-state index contributed by atoms with van der Waals surface area (Å²) in [5, 5.41) is 9.18. The molecule has 2 rings (SSSR count). The van der Waals surface area contributed by atoms with Crippen molar-refractivity contribution in [3.05, 3.63) is 17.1 Å². The summed E-state index contributed by atoms with van der Waals surface area (Å²) in [6.07, 6.45) is 1.51. The maximum absolute atomic E-state index is 12.2. The number of amides is 1. The molecule has 2 atom stereocenters. The Bertz CT molecular complexity index is 516. The van der Waals surface area contributed by atoms with Crippen LogP contribution in [0.1, 0.15) is 16.6 Å². The predicted octanol–water partition coefficient (Wildman–Crippen LogP) is 0.479. The molecule has 1 aromatic rings. The van der Waals surface area contributed by atoms with Gasteiger partial charge in [0.05, 0.1) is 18.4 Å². The van der Waals surface area contributed by atoms with Crippen molar-refractivity contribution in [1.29, 1.82) is 0 Å². The van der Waals surface area contributed by atoms with Gasteiger partial charge in [-0.3, -0.25) is 14.4 Å². The molecule has 1 N–H and O–H groups in total. The fourth-order valence-electron chi connectivity index (χ4n) is 2.19. The van der Waals surface area contributed by atoms with E-state index in [1.54, 1.807) is 13.0 Å². The Morgan fingerprint density at radius 1 is 1.45 bits per heavy atom. The van der Waals surface area contributed by atoms with E-state index in [4.69, 9.17) is 4.74 Å². The maximum atomic E-state index is 12.2. The first kappa shape index (κ1) is 14.4. The number of carboxylic acid groups (broad SMARTS) is 1. The van der Waals surface area contributed by atoms with E-state index in [9.17, 15) is 19.5 Å². The van der Waals surface area contributed by atoms with Gasteiger partial charge in [0.1, 0.15) is 4.88 Å². The monoisotopic (exact) mass is 298 g/mol. The Hall–Kier alpha value is -1.96. The average molecular weight is 298 g/mol. The molecular weight excluding hydrogens is 284 g/mol.